The number of nitrogens with one attached hydrogen (secondary N) is 1. The SMILES string of the molecule is CCCOc1cc(/C=C(\C#N)C(=O)c2[nH]c(C)c(C(=O)OCC)c2C)ccc1OC. The first kappa shape index (κ1) is 22.8. The van der Waals surface area contributed by atoms with Crippen LogP contribution in [0.2, 0.25) is 0 Å². The predicted molar refractivity (Wildman–Crippen MR) is 113 cm³/mol. The van der Waals surface area contributed by atoms with E-state index in [0.29, 0.717) is 40.5 Å². The van der Waals surface area contributed by atoms with E-state index in [1.54, 1.807) is 46.1 Å². The number of hydrogen-bond donors (Lipinski definition) is 1. The Kier molecular flexibility index (Phi) is 7.82. The van der Waals surface area contributed by atoms with Crippen molar-refractivity contribution in [2.45, 2.75) is 34.1 Å². The Hall–Kier alpha value is -3.53. The van der Waals surface area contributed by atoms with Gasteiger partial charge < -0.3 is 19.2 Å². The fourth-order valence-electron chi connectivity index (χ4n) is 3.04. The van der Waals surface area contributed by atoms with Crippen LogP contribution in [0.3, 0.4) is 0 Å². The maximum atomic E-state index is 13.0. The van der Waals surface area contributed by atoms with Crippen LogP contribution in [-0.4, -0.2) is 37.1 Å². The zero-order chi connectivity index (χ0) is 22.3. The number of aryl methyl sites for hydroxylation is 1. The van der Waals surface area contributed by atoms with Crippen LogP contribution in [0.5, 0.6) is 11.5 Å². The zero-order valence-corrected chi connectivity index (χ0v) is 17.9. The van der Waals surface area contributed by atoms with Crippen LogP contribution in [-0.2, 0) is 4.74 Å². The minimum Gasteiger partial charge on any atom is -0.493 e. The Morgan fingerprint density at radius 2 is 1.93 bits per heavy atom. The van der Waals surface area contributed by atoms with Crippen LogP contribution in [0.25, 0.3) is 6.08 Å². The number of esters is 1. The lowest BCUT2D eigenvalue weighted by atomic mass is 10.0. The van der Waals surface area contributed by atoms with Gasteiger partial charge in [-0.2, -0.15) is 5.26 Å². The molecule has 0 atom stereocenters. The third-order valence-electron chi connectivity index (χ3n) is 4.47. The standard InChI is InChI=1S/C23H26N2O5/c1-6-10-30-19-12-16(8-9-18(19)28-5)11-17(13-24)22(26)21-14(3)20(15(4)25-21)23(27)29-7-2/h8-9,11-12,25H,6-7,10H2,1-5H3/b17-11+. The van der Waals surface area contributed by atoms with E-state index in [4.69, 9.17) is 14.2 Å². The molecular weight excluding hydrogens is 384 g/mol. The number of carbonyl (C=O) groups is 2. The summed E-state index contributed by atoms with van der Waals surface area (Å²) in [6.45, 7) is 7.80. The van der Waals surface area contributed by atoms with Gasteiger partial charge in [0.15, 0.2) is 11.5 Å². The van der Waals surface area contributed by atoms with Crippen LogP contribution in [0.1, 0.15) is 57.9 Å². The number of nitriles is 1. The molecule has 0 aliphatic heterocycles. The largest absolute Gasteiger partial charge is 0.493 e. The normalized spacial score (nSPS) is 11.0. The first-order valence-corrected chi connectivity index (χ1v) is 9.71. The quantitative estimate of drug-likeness (QED) is 0.285. The molecule has 2 aromatic rings. The average Bonchev–Trinajstić information content (AvgIpc) is 3.04. The number of aromatic amines is 1. The van der Waals surface area contributed by atoms with Gasteiger partial charge in [-0.05, 0) is 56.5 Å². The topological polar surface area (TPSA) is 101 Å². The molecular formula is C23H26N2O5. The molecule has 0 fully saturated rings. The maximum absolute atomic E-state index is 13.0. The second-order valence-electron chi connectivity index (χ2n) is 6.60. The third kappa shape index (κ3) is 4.90. The minimum absolute atomic E-state index is 0.0682. The van der Waals surface area contributed by atoms with Gasteiger partial charge in [-0.15, -0.1) is 0 Å². The molecule has 0 amide bonds. The summed E-state index contributed by atoms with van der Waals surface area (Å²) in [6, 6.07) is 7.13. The maximum Gasteiger partial charge on any atom is 0.340 e. The molecule has 1 N–H and O–H groups in total. The van der Waals surface area contributed by atoms with Crippen molar-refractivity contribution < 1.29 is 23.8 Å². The van der Waals surface area contributed by atoms with Crippen molar-refractivity contribution >= 4 is 17.8 Å². The fraction of sp³-hybridized carbons (Fsp3) is 0.348. The number of methoxy groups -OCH3 is 1. The molecule has 0 bridgehead atoms. The second kappa shape index (κ2) is 10.3. The predicted octanol–water partition coefficient (Wildman–Crippen LogP) is 4.40. The molecule has 1 aromatic heterocycles. The smallest absolute Gasteiger partial charge is 0.340 e. The molecule has 158 valence electrons. The fourth-order valence-corrected chi connectivity index (χ4v) is 3.04. The number of allylic oxidation sites excluding steroid dienone is 1. The zero-order valence-electron chi connectivity index (χ0n) is 17.9. The Morgan fingerprint density at radius 3 is 2.53 bits per heavy atom. The Bertz CT molecular complexity index is 1010. The number of benzene rings is 1. The monoisotopic (exact) mass is 410 g/mol. The van der Waals surface area contributed by atoms with Crippen molar-refractivity contribution in [2.75, 3.05) is 20.3 Å². The van der Waals surface area contributed by atoms with Gasteiger partial charge in [0.1, 0.15) is 11.6 Å². The summed E-state index contributed by atoms with van der Waals surface area (Å²) in [6.07, 6.45) is 2.32. The molecule has 0 aliphatic carbocycles. The third-order valence-corrected chi connectivity index (χ3v) is 4.47. The van der Waals surface area contributed by atoms with Gasteiger partial charge in [-0.1, -0.05) is 13.0 Å². The molecule has 0 radical (unpaired) electrons. The van der Waals surface area contributed by atoms with Gasteiger partial charge in [0.2, 0.25) is 5.78 Å². The van der Waals surface area contributed by atoms with Crippen molar-refractivity contribution in [2.24, 2.45) is 0 Å². The van der Waals surface area contributed by atoms with E-state index in [1.807, 2.05) is 13.0 Å². The van der Waals surface area contributed by atoms with Crippen LogP contribution in [0, 0.1) is 25.2 Å². The summed E-state index contributed by atoms with van der Waals surface area (Å²) < 4.78 is 16.0. The Labute approximate surface area is 176 Å². The molecule has 0 unspecified atom stereocenters. The molecule has 0 saturated carbocycles. The summed E-state index contributed by atoms with van der Waals surface area (Å²) >= 11 is 0. The van der Waals surface area contributed by atoms with E-state index in [9.17, 15) is 14.9 Å². The lowest BCUT2D eigenvalue weighted by molar-refractivity contribution is 0.0525. The summed E-state index contributed by atoms with van der Waals surface area (Å²) in [5.41, 5.74) is 2.04. The molecule has 7 nitrogen and oxygen atoms in total. The lowest BCUT2D eigenvalue weighted by Crippen LogP contribution is -2.08. The van der Waals surface area contributed by atoms with Crippen molar-refractivity contribution in [3.05, 3.63) is 51.9 Å². The van der Waals surface area contributed by atoms with Gasteiger partial charge in [-0.3, -0.25) is 4.79 Å². The van der Waals surface area contributed by atoms with Crippen LogP contribution < -0.4 is 9.47 Å². The van der Waals surface area contributed by atoms with Crippen molar-refractivity contribution in [1.82, 2.24) is 4.98 Å². The number of aromatic nitrogens is 1. The summed E-state index contributed by atoms with van der Waals surface area (Å²) in [5.74, 6) is 0.105. The van der Waals surface area contributed by atoms with E-state index >= 15 is 0 Å². The molecule has 0 aliphatic rings. The van der Waals surface area contributed by atoms with Crippen molar-refractivity contribution in [3.63, 3.8) is 0 Å². The number of hydrogen-bond acceptors (Lipinski definition) is 6. The highest BCUT2D eigenvalue weighted by molar-refractivity contribution is 6.15. The highest BCUT2D eigenvalue weighted by Gasteiger charge is 2.24. The molecule has 30 heavy (non-hydrogen) atoms. The number of H-pyrrole nitrogens is 1. The summed E-state index contributed by atoms with van der Waals surface area (Å²) in [7, 11) is 1.55. The van der Waals surface area contributed by atoms with E-state index in [0.717, 1.165) is 6.42 Å². The number of rotatable bonds is 9. The van der Waals surface area contributed by atoms with Crippen LogP contribution in [0.4, 0.5) is 0 Å². The molecule has 2 rings (SSSR count). The van der Waals surface area contributed by atoms with Gasteiger partial charge in [0.25, 0.3) is 0 Å². The molecule has 7 heteroatoms. The van der Waals surface area contributed by atoms with Gasteiger partial charge >= 0.3 is 5.97 Å². The first-order valence-electron chi connectivity index (χ1n) is 9.71. The van der Waals surface area contributed by atoms with Gasteiger partial charge in [0, 0.05) is 5.69 Å². The number of ether oxygens (including phenoxy) is 3. The van der Waals surface area contributed by atoms with Crippen LogP contribution in [0.15, 0.2) is 23.8 Å². The second-order valence-corrected chi connectivity index (χ2v) is 6.60. The van der Waals surface area contributed by atoms with Crippen molar-refractivity contribution in [1.29, 1.82) is 5.26 Å². The molecule has 1 aromatic carbocycles. The van der Waals surface area contributed by atoms with E-state index in [1.165, 1.54) is 6.08 Å². The average molecular weight is 410 g/mol. The number of Topliss-reactive ketones (excluding diaryl/α,β-unsaturated/α-hetero) is 1. The highest BCUT2D eigenvalue weighted by Crippen LogP contribution is 2.29. The van der Waals surface area contributed by atoms with Gasteiger partial charge in [-0.25, -0.2) is 4.79 Å². The number of carbonyl (C=O) groups excluding carboxylic acids is 2. The Morgan fingerprint density at radius 1 is 1.20 bits per heavy atom. The van der Waals surface area contributed by atoms with E-state index < -0.39 is 11.8 Å². The van der Waals surface area contributed by atoms with E-state index in [-0.39, 0.29) is 17.9 Å². The van der Waals surface area contributed by atoms with Crippen LogP contribution >= 0.6 is 0 Å². The molecule has 0 spiro atoms. The lowest BCUT2D eigenvalue weighted by Gasteiger charge is -2.10. The Balaban J connectivity index is 2.42. The molecule has 0 saturated heterocycles. The minimum atomic E-state index is -0.502. The first-order chi connectivity index (χ1) is 14.4. The highest BCUT2D eigenvalue weighted by atomic mass is 16.5. The molecule has 1 heterocycles. The number of ketones is 1. The number of nitrogens with zero attached hydrogens (tertiary/aromatic N) is 1. The summed E-state index contributed by atoms with van der Waals surface area (Å²) in [4.78, 5) is 28.1. The van der Waals surface area contributed by atoms with Gasteiger partial charge in [0.05, 0.1) is 31.6 Å². The van der Waals surface area contributed by atoms with Crippen molar-refractivity contribution in [3.8, 4) is 17.6 Å². The van der Waals surface area contributed by atoms with E-state index in [2.05, 4.69) is 4.98 Å². The summed E-state index contributed by atoms with van der Waals surface area (Å²) in [5, 5.41) is 9.59.